The summed E-state index contributed by atoms with van der Waals surface area (Å²) in [6.45, 7) is 6.09. The van der Waals surface area contributed by atoms with Crippen molar-refractivity contribution in [3.63, 3.8) is 0 Å². The van der Waals surface area contributed by atoms with Crippen molar-refractivity contribution in [1.29, 1.82) is 0 Å². The zero-order chi connectivity index (χ0) is 8.01. The third-order valence-electron chi connectivity index (χ3n) is 3.63. The molecular formula is C10H19N. The highest BCUT2D eigenvalue weighted by Gasteiger charge is 2.46. The lowest BCUT2D eigenvalue weighted by Gasteiger charge is -2.35. The van der Waals surface area contributed by atoms with Crippen LogP contribution in [0, 0.1) is 17.8 Å². The molecule has 0 aromatic carbocycles. The summed E-state index contributed by atoms with van der Waals surface area (Å²) in [5.41, 5.74) is 0. The fourth-order valence-corrected chi connectivity index (χ4v) is 3.09. The average Bonchev–Trinajstić information content (AvgIpc) is 2.10. The first-order valence-electron chi connectivity index (χ1n) is 4.90. The van der Waals surface area contributed by atoms with Gasteiger partial charge in [0.15, 0.2) is 0 Å². The molecule has 1 saturated heterocycles. The molecule has 0 radical (unpaired) electrons. The summed E-state index contributed by atoms with van der Waals surface area (Å²) in [5, 5.41) is 0. The molecule has 0 aromatic heterocycles. The van der Waals surface area contributed by atoms with Gasteiger partial charge in [-0.25, -0.2) is 0 Å². The summed E-state index contributed by atoms with van der Waals surface area (Å²) in [6.07, 6.45) is 3.00. The Hall–Kier alpha value is -0.0400. The van der Waals surface area contributed by atoms with Crippen LogP contribution in [0.3, 0.4) is 0 Å². The largest absolute Gasteiger partial charge is 0.303 e. The van der Waals surface area contributed by atoms with Crippen LogP contribution in [0.4, 0.5) is 0 Å². The van der Waals surface area contributed by atoms with Crippen LogP contribution in [-0.2, 0) is 0 Å². The van der Waals surface area contributed by atoms with Gasteiger partial charge in [0.2, 0.25) is 0 Å². The van der Waals surface area contributed by atoms with E-state index in [1.165, 1.54) is 19.4 Å². The molecule has 0 spiro atoms. The molecule has 64 valence electrons. The number of likely N-dealkylation sites (tertiary alicyclic amines) is 1. The zero-order valence-corrected chi connectivity index (χ0v) is 7.88. The lowest BCUT2D eigenvalue weighted by molar-refractivity contribution is 0.157. The second-order valence-corrected chi connectivity index (χ2v) is 4.68. The third-order valence-corrected chi connectivity index (χ3v) is 3.63. The first-order valence-corrected chi connectivity index (χ1v) is 4.90. The number of rotatable bonds is 1. The lowest BCUT2D eigenvalue weighted by Crippen LogP contribution is -2.36. The minimum atomic E-state index is 0.857. The van der Waals surface area contributed by atoms with Crippen LogP contribution in [0.1, 0.15) is 26.7 Å². The molecule has 1 aliphatic heterocycles. The molecule has 0 amide bonds. The Balaban J connectivity index is 2.07. The van der Waals surface area contributed by atoms with E-state index in [-0.39, 0.29) is 0 Å². The van der Waals surface area contributed by atoms with Gasteiger partial charge in [-0.2, -0.15) is 0 Å². The van der Waals surface area contributed by atoms with Gasteiger partial charge in [0.25, 0.3) is 0 Å². The Morgan fingerprint density at radius 1 is 1.27 bits per heavy atom. The van der Waals surface area contributed by atoms with Gasteiger partial charge in [-0.15, -0.1) is 0 Å². The first kappa shape index (κ1) is 7.60. The van der Waals surface area contributed by atoms with Crippen molar-refractivity contribution in [3.8, 4) is 0 Å². The normalized spacial score (nSPS) is 44.2. The van der Waals surface area contributed by atoms with Crippen molar-refractivity contribution in [3.05, 3.63) is 0 Å². The van der Waals surface area contributed by atoms with Gasteiger partial charge in [0, 0.05) is 12.6 Å². The van der Waals surface area contributed by atoms with Crippen LogP contribution >= 0.6 is 0 Å². The fraction of sp³-hybridized carbons (Fsp3) is 1.00. The molecule has 2 aliphatic rings. The Kier molecular flexibility index (Phi) is 1.71. The van der Waals surface area contributed by atoms with Crippen LogP contribution in [-0.4, -0.2) is 24.5 Å². The number of hydrogen-bond acceptors (Lipinski definition) is 1. The van der Waals surface area contributed by atoms with Crippen molar-refractivity contribution in [2.45, 2.75) is 32.7 Å². The quantitative estimate of drug-likeness (QED) is 0.557. The summed E-state index contributed by atoms with van der Waals surface area (Å²) in [6, 6.07) is 0.897. The maximum absolute atomic E-state index is 2.58. The van der Waals surface area contributed by atoms with Crippen LogP contribution < -0.4 is 0 Å². The van der Waals surface area contributed by atoms with E-state index in [1.54, 1.807) is 0 Å². The van der Waals surface area contributed by atoms with Crippen LogP contribution in [0.2, 0.25) is 0 Å². The molecule has 11 heavy (non-hydrogen) atoms. The second kappa shape index (κ2) is 2.48. The molecule has 1 aliphatic carbocycles. The van der Waals surface area contributed by atoms with Gasteiger partial charge >= 0.3 is 0 Å². The highest BCUT2D eigenvalue weighted by Crippen LogP contribution is 2.46. The van der Waals surface area contributed by atoms with Crippen molar-refractivity contribution < 1.29 is 0 Å². The van der Waals surface area contributed by atoms with Gasteiger partial charge in [-0.3, -0.25) is 0 Å². The van der Waals surface area contributed by atoms with E-state index in [0.717, 1.165) is 23.8 Å². The SMILES string of the molecule is CC(C)C1[C@H]2CC[C@H]2CN1C. The fourth-order valence-electron chi connectivity index (χ4n) is 3.09. The zero-order valence-electron chi connectivity index (χ0n) is 7.88. The smallest absolute Gasteiger partial charge is 0.0147 e. The maximum Gasteiger partial charge on any atom is 0.0147 e. The molecular weight excluding hydrogens is 134 g/mol. The minimum absolute atomic E-state index is 0.857. The highest BCUT2D eigenvalue weighted by molar-refractivity contribution is 4.98. The lowest BCUT2D eigenvalue weighted by atomic mass is 9.71. The van der Waals surface area contributed by atoms with Crippen LogP contribution in [0.5, 0.6) is 0 Å². The monoisotopic (exact) mass is 153 g/mol. The van der Waals surface area contributed by atoms with Gasteiger partial charge in [0.1, 0.15) is 0 Å². The third kappa shape index (κ3) is 1.01. The molecule has 0 N–H and O–H groups in total. The van der Waals surface area contributed by atoms with Gasteiger partial charge < -0.3 is 4.90 Å². The molecule has 3 atom stereocenters. The Morgan fingerprint density at radius 3 is 2.27 bits per heavy atom. The minimum Gasteiger partial charge on any atom is -0.303 e. The Morgan fingerprint density at radius 2 is 2.00 bits per heavy atom. The predicted octanol–water partition coefficient (Wildman–Crippen LogP) is 1.98. The van der Waals surface area contributed by atoms with Crippen molar-refractivity contribution in [1.82, 2.24) is 4.90 Å². The van der Waals surface area contributed by atoms with Crippen molar-refractivity contribution >= 4 is 0 Å². The Bertz CT molecular complexity index is 153. The summed E-state index contributed by atoms with van der Waals surface area (Å²) in [4.78, 5) is 2.58. The standard InChI is InChI=1S/C10H19N/c1-7(2)10-9-5-4-8(9)6-11(10)3/h7-10H,4-6H2,1-3H3/t8-,9-,10?/m0/s1. The van der Waals surface area contributed by atoms with Gasteiger partial charge in [-0.05, 0) is 37.6 Å². The van der Waals surface area contributed by atoms with Gasteiger partial charge in [0.05, 0.1) is 0 Å². The van der Waals surface area contributed by atoms with Gasteiger partial charge in [-0.1, -0.05) is 13.8 Å². The molecule has 1 unspecified atom stereocenters. The predicted molar refractivity (Wildman–Crippen MR) is 47.5 cm³/mol. The van der Waals surface area contributed by atoms with E-state index in [1.807, 2.05) is 0 Å². The molecule has 2 rings (SSSR count). The molecule has 1 nitrogen and oxygen atoms in total. The first-order chi connectivity index (χ1) is 5.20. The molecule has 1 saturated carbocycles. The summed E-state index contributed by atoms with van der Waals surface area (Å²) >= 11 is 0. The summed E-state index contributed by atoms with van der Waals surface area (Å²) in [5.74, 6) is 2.97. The number of hydrogen-bond donors (Lipinski definition) is 0. The number of nitrogens with zero attached hydrogens (tertiary/aromatic N) is 1. The van der Waals surface area contributed by atoms with E-state index in [0.29, 0.717) is 0 Å². The van der Waals surface area contributed by atoms with E-state index >= 15 is 0 Å². The average molecular weight is 153 g/mol. The van der Waals surface area contributed by atoms with E-state index in [4.69, 9.17) is 0 Å². The summed E-state index contributed by atoms with van der Waals surface area (Å²) in [7, 11) is 2.29. The van der Waals surface area contributed by atoms with Crippen molar-refractivity contribution in [2.24, 2.45) is 17.8 Å². The molecule has 0 aromatic rings. The molecule has 1 heteroatoms. The topological polar surface area (TPSA) is 3.24 Å². The summed E-state index contributed by atoms with van der Waals surface area (Å²) < 4.78 is 0. The number of fused-ring (bicyclic) bond motifs is 1. The maximum atomic E-state index is 2.58. The van der Waals surface area contributed by atoms with E-state index in [9.17, 15) is 0 Å². The molecule has 2 fully saturated rings. The van der Waals surface area contributed by atoms with Crippen LogP contribution in [0.15, 0.2) is 0 Å². The van der Waals surface area contributed by atoms with E-state index < -0.39 is 0 Å². The molecule has 0 bridgehead atoms. The highest BCUT2D eigenvalue weighted by atomic mass is 15.2. The van der Waals surface area contributed by atoms with E-state index in [2.05, 4.69) is 25.8 Å². The van der Waals surface area contributed by atoms with Crippen LogP contribution in [0.25, 0.3) is 0 Å². The van der Waals surface area contributed by atoms with Crippen molar-refractivity contribution in [2.75, 3.05) is 13.6 Å². The molecule has 1 heterocycles. The second-order valence-electron chi connectivity index (χ2n) is 4.68. The Labute approximate surface area is 69.8 Å².